The number of hydrogen-bond acceptors (Lipinski definition) is 5. The molecule has 0 bridgehead atoms. The first-order chi connectivity index (χ1) is 12.6. The minimum Gasteiger partial charge on any atom is -0.449 e. The van der Waals surface area contributed by atoms with Gasteiger partial charge in [0.2, 0.25) is 0 Å². The van der Waals surface area contributed by atoms with Crippen LogP contribution in [0, 0.1) is 0 Å². The second kappa shape index (κ2) is 8.77. The number of ether oxygens (including phenoxy) is 1. The van der Waals surface area contributed by atoms with Gasteiger partial charge < -0.3 is 4.74 Å². The Hall–Kier alpha value is -1.73. The van der Waals surface area contributed by atoms with E-state index < -0.39 is 12.1 Å². The van der Waals surface area contributed by atoms with Gasteiger partial charge in [-0.25, -0.2) is 9.78 Å². The normalized spacial score (nSPS) is 16.1. The molecule has 0 saturated heterocycles. The fourth-order valence-corrected chi connectivity index (χ4v) is 4.15. The molecule has 0 radical (unpaired) electrons. The molecule has 1 aromatic heterocycles. The van der Waals surface area contributed by atoms with Crippen LogP contribution in [-0.4, -0.2) is 29.0 Å². The van der Waals surface area contributed by atoms with Crippen LogP contribution in [-0.2, 0) is 9.53 Å². The van der Waals surface area contributed by atoms with Crippen molar-refractivity contribution < 1.29 is 14.3 Å². The quantitative estimate of drug-likeness (QED) is 0.630. The van der Waals surface area contributed by atoms with Gasteiger partial charge in [-0.1, -0.05) is 35.2 Å². The summed E-state index contributed by atoms with van der Waals surface area (Å²) in [5.74, 6) is -0.710. The molecule has 1 aliphatic carbocycles. The van der Waals surface area contributed by atoms with Crippen molar-refractivity contribution in [3.8, 4) is 0 Å². The van der Waals surface area contributed by atoms with Crippen molar-refractivity contribution in [2.24, 2.45) is 0 Å². The van der Waals surface area contributed by atoms with E-state index in [1.54, 1.807) is 42.3 Å². The molecule has 1 amide bonds. The average Bonchev–Trinajstić information content (AvgIpc) is 3.17. The Balaban J connectivity index is 1.73. The molecule has 1 fully saturated rings. The molecule has 26 heavy (non-hydrogen) atoms. The standard InChI is InChI=1S/C19H21BrN2O3S/c1-13(25-18(24)14-7-9-15(20)10-8-14)17(23)22(19-21-11-12-26-19)16-5-3-2-4-6-16/h7-13,16H,2-6H2,1H3. The number of aromatic nitrogens is 1. The van der Waals surface area contributed by atoms with Crippen LogP contribution in [0.25, 0.3) is 0 Å². The van der Waals surface area contributed by atoms with E-state index in [9.17, 15) is 9.59 Å². The maximum Gasteiger partial charge on any atom is 0.338 e. The highest BCUT2D eigenvalue weighted by atomic mass is 79.9. The second-order valence-electron chi connectivity index (χ2n) is 6.37. The van der Waals surface area contributed by atoms with E-state index in [0.717, 1.165) is 30.2 Å². The summed E-state index contributed by atoms with van der Waals surface area (Å²) in [6.07, 6.45) is 6.15. The van der Waals surface area contributed by atoms with Crippen molar-refractivity contribution in [1.82, 2.24) is 4.98 Å². The summed E-state index contributed by atoms with van der Waals surface area (Å²) in [7, 11) is 0. The molecule has 1 aliphatic rings. The fraction of sp³-hybridized carbons (Fsp3) is 0.421. The number of nitrogens with zero attached hydrogens (tertiary/aromatic N) is 2. The topological polar surface area (TPSA) is 59.5 Å². The zero-order valence-electron chi connectivity index (χ0n) is 14.6. The third kappa shape index (κ3) is 4.51. The number of carbonyl (C=O) groups excluding carboxylic acids is 2. The van der Waals surface area contributed by atoms with Gasteiger partial charge in [-0.3, -0.25) is 9.69 Å². The molecule has 1 unspecified atom stereocenters. The van der Waals surface area contributed by atoms with Gasteiger partial charge in [0.15, 0.2) is 11.2 Å². The third-order valence-electron chi connectivity index (χ3n) is 4.51. The zero-order chi connectivity index (χ0) is 18.5. The first-order valence-corrected chi connectivity index (χ1v) is 10.4. The van der Waals surface area contributed by atoms with Crippen LogP contribution < -0.4 is 4.90 Å². The molecule has 0 aliphatic heterocycles. The monoisotopic (exact) mass is 436 g/mol. The largest absolute Gasteiger partial charge is 0.449 e. The van der Waals surface area contributed by atoms with Gasteiger partial charge >= 0.3 is 5.97 Å². The molecule has 1 heterocycles. The lowest BCUT2D eigenvalue weighted by Crippen LogP contribution is -2.47. The molecule has 2 aromatic rings. The molecule has 0 N–H and O–H groups in total. The highest BCUT2D eigenvalue weighted by molar-refractivity contribution is 9.10. The number of hydrogen-bond donors (Lipinski definition) is 0. The van der Waals surface area contributed by atoms with Crippen LogP contribution in [0.3, 0.4) is 0 Å². The molecular formula is C19H21BrN2O3S. The fourth-order valence-electron chi connectivity index (χ4n) is 3.17. The molecule has 1 atom stereocenters. The lowest BCUT2D eigenvalue weighted by atomic mass is 9.94. The van der Waals surface area contributed by atoms with E-state index in [2.05, 4.69) is 20.9 Å². The molecule has 5 nitrogen and oxygen atoms in total. The van der Waals surface area contributed by atoms with E-state index in [4.69, 9.17) is 4.74 Å². The van der Waals surface area contributed by atoms with E-state index in [1.807, 2.05) is 5.38 Å². The summed E-state index contributed by atoms with van der Waals surface area (Å²) in [6.45, 7) is 1.63. The Morgan fingerprint density at radius 3 is 2.54 bits per heavy atom. The summed E-state index contributed by atoms with van der Waals surface area (Å²) in [5, 5.41) is 2.53. The lowest BCUT2D eigenvalue weighted by molar-refractivity contribution is -0.127. The summed E-state index contributed by atoms with van der Waals surface area (Å²) >= 11 is 4.77. The van der Waals surface area contributed by atoms with Crippen molar-refractivity contribution in [3.05, 3.63) is 45.9 Å². The number of anilines is 1. The Kier molecular flexibility index (Phi) is 6.43. The van der Waals surface area contributed by atoms with Gasteiger partial charge in [0.05, 0.1) is 5.56 Å². The first-order valence-electron chi connectivity index (χ1n) is 8.75. The average molecular weight is 437 g/mol. The van der Waals surface area contributed by atoms with Crippen molar-refractivity contribution >= 4 is 44.3 Å². The molecule has 3 rings (SSSR count). The van der Waals surface area contributed by atoms with E-state index >= 15 is 0 Å². The van der Waals surface area contributed by atoms with E-state index in [-0.39, 0.29) is 11.9 Å². The van der Waals surface area contributed by atoms with Crippen molar-refractivity contribution in [2.75, 3.05) is 4.90 Å². The van der Waals surface area contributed by atoms with Crippen LogP contribution in [0.4, 0.5) is 5.13 Å². The van der Waals surface area contributed by atoms with Crippen LogP contribution >= 0.6 is 27.3 Å². The maximum absolute atomic E-state index is 13.1. The number of esters is 1. The molecule has 1 saturated carbocycles. The number of thiazole rings is 1. The van der Waals surface area contributed by atoms with Crippen molar-refractivity contribution in [1.29, 1.82) is 0 Å². The number of rotatable bonds is 5. The lowest BCUT2D eigenvalue weighted by Gasteiger charge is -2.33. The summed E-state index contributed by atoms with van der Waals surface area (Å²) < 4.78 is 6.32. The zero-order valence-corrected chi connectivity index (χ0v) is 17.0. The highest BCUT2D eigenvalue weighted by Crippen LogP contribution is 2.29. The number of halogens is 1. The molecular weight excluding hydrogens is 416 g/mol. The van der Waals surface area contributed by atoms with Crippen molar-refractivity contribution in [2.45, 2.75) is 51.2 Å². The molecule has 138 valence electrons. The minimum absolute atomic E-state index is 0.122. The first kappa shape index (κ1) is 19.0. The molecule has 0 spiro atoms. The Morgan fingerprint density at radius 2 is 1.92 bits per heavy atom. The van der Waals surface area contributed by atoms with Crippen molar-refractivity contribution in [3.63, 3.8) is 0 Å². The predicted molar refractivity (Wildman–Crippen MR) is 105 cm³/mol. The number of benzene rings is 1. The van der Waals surface area contributed by atoms with E-state index in [0.29, 0.717) is 10.7 Å². The summed E-state index contributed by atoms with van der Waals surface area (Å²) in [5.41, 5.74) is 0.423. The number of carbonyl (C=O) groups is 2. The smallest absolute Gasteiger partial charge is 0.338 e. The van der Waals surface area contributed by atoms with Gasteiger partial charge in [-0.05, 0) is 44.0 Å². The van der Waals surface area contributed by atoms with Gasteiger partial charge in [0, 0.05) is 22.1 Å². The summed E-state index contributed by atoms with van der Waals surface area (Å²) in [4.78, 5) is 31.5. The Bertz CT molecular complexity index is 743. The van der Waals surface area contributed by atoms with Crippen LogP contribution in [0.2, 0.25) is 0 Å². The van der Waals surface area contributed by atoms with Gasteiger partial charge in [-0.15, -0.1) is 11.3 Å². The Morgan fingerprint density at radius 1 is 1.23 bits per heavy atom. The summed E-state index contributed by atoms with van der Waals surface area (Å²) in [6, 6.07) is 7.00. The SMILES string of the molecule is CC(OC(=O)c1ccc(Br)cc1)C(=O)N(c1nccs1)C1CCCCC1. The van der Waals surface area contributed by atoms with Crippen LogP contribution in [0.5, 0.6) is 0 Å². The van der Waals surface area contributed by atoms with E-state index in [1.165, 1.54) is 17.8 Å². The number of amides is 1. The molecule has 1 aromatic carbocycles. The maximum atomic E-state index is 13.1. The van der Waals surface area contributed by atoms with Gasteiger partial charge in [0.25, 0.3) is 5.91 Å². The third-order valence-corrected chi connectivity index (χ3v) is 5.81. The highest BCUT2D eigenvalue weighted by Gasteiger charge is 2.33. The van der Waals surface area contributed by atoms with Gasteiger partial charge in [0.1, 0.15) is 0 Å². The van der Waals surface area contributed by atoms with Crippen LogP contribution in [0.15, 0.2) is 40.3 Å². The minimum atomic E-state index is -0.864. The second-order valence-corrected chi connectivity index (χ2v) is 8.16. The Labute approximate surface area is 165 Å². The molecule has 7 heteroatoms. The predicted octanol–water partition coefficient (Wildman–Crippen LogP) is 4.82. The van der Waals surface area contributed by atoms with Gasteiger partial charge in [-0.2, -0.15) is 0 Å². The van der Waals surface area contributed by atoms with Crippen LogP contribution in [0.1, 0.15) is 49.4 Å².